The molecule has 2 aliphatic rings. The maximum atomic E-state index is 13.1. The molecule has 21 heavy (non-hydrogen) atoms. The first kappa shape index (κ1) is 12.2. The molecule has 5 heteroatoms. The molecule has 2 aromatic rings. The lowest BCUT2D eigenvalue weighted by Gasteiger charge is -2.26. The second-order valence-electron chi connectivity index (χ2n) is 5.15. The minimum Gasteiger partial charge on any atom is -0.454 e. The number of anilines is 1. The van der Waals surface area contributed by atoms with Crippen LogP contribution in [0.2, 0.25) is 0 Å². The largest absolute Gasteiger partial charge is 0.454 e. The summed E-state index contributed by atoms with van der Waals surface area (Å²) >= 11 is 0. The topological polar surface area (TPSA) is 47.6 Å². The average Bonchev–Trinajstić information content (AvgIpc) is 2.92. The summed E-state index contributed by atoms with van der Waals surface area (Å²) in [5.41, 5.74) is 2.60. The van der Waals surface area contributed by atoms with E-state index in [0.717, 1.165) is 16.8 Å². The summed E-state index contributed by atoms with van der Waals surface area (Å²) in [7, 11) is 0. The molecule has 0 saturated carbocycles. The van der Waals surface area contributed by atoms with Crippen LogP contribution < -0.4 is 14.8 Å². The highest BCUT2D eigenvalue weighted by Crippen LogP contribution is 2.44. The van der Waals surface area contributed by atoms with Gasteiger partial charge in [0.2, 0.25) is 12.7 Å². The van der Waals surface area contributed by atoms with Gasteiger partial charge in [0, 0.05) is 24.1 Å². The molecule has 0 bridgehead atoms. The zero-order valence-electron chi connectivity index (χ0n) is 11.1. The predicted molar refractivity (Wildman–Crippen MR) is 74.1 cm³/mol. The maximum absolute atomic E-state index is 13.1. The fourth-order valence-electron chi connectivity index (χ4n) is 2.84. The summed E-state index contributed by atoms with van der Waals surface area (Å²) in [5, 5.41) is 2.85. The summed E-state index contributed by atoms with van der Waals surface area (Å²) in [6.07, 6.45) is 0.332. The smallest absolute Gasteiger partial charge is 0.231 e. The van der Waals surface area contributed by atoms with E-state index in [1.807, 2.05) is 6.07 Å². The van der Waals surface area contributed by atoms with E-state index in [2.05, 4.69) is 5.32 Å². The molecule has 4 nitrogen and oxygen atoms in total. The quantitative estimate of drug-likeness (QED) is 0.876. The number of rotatable bonds is 1. The summed E-state index contributed by atoms with van der Waals surface area (Å²) in [6.45, 7) is 0.188. The van der Waals surface area contributed by atoms with Gasteiger partial charge in [-0.05, 0) is 29.3 Å². The Balaban J connectivity index is 1.83. The Bertz CT molecular complexity index is 727. The Morgan fingerprint density at radius 3 is 2.57 bits per heavy atom. The number of benzene rings is 2. The highest BCUT2D eigenvalue weighted by molar-refractivity contribution is 5.96. The second-order valence-corrected chi connectivity index (χ2v) is 5.15. The molecule has 0 radical (unpaired) electrons. The number of hydrogen-bond donors (Lipinski definition) is 1. The molecule has 4 rings (SSSR count). The van der Waals surface area contributed by atoms with Crippen molar-refractivity contribution in [3.05, 3.63) is 53.3 Å². The molecule has 0 aliphatic carbocycles. The van der Waals surface area contributed by atoms with E-state index in [1.165, 1.54) is 12.1 Å². The van der Waals surface area contributed by atoms with Gasteiger partial charge in [0.15, 0.2) is 11.5 Å². The van der Waals surface area contributed by atoms with Crippen molar-refractivity contribution in [3.63, 3.8) is 0 Å². The third kappa shape index (κ3) is 2.01. The molecule has 1 amide bonds. The summed E-state index contributed by atoms with van der Waals surface area (Å²) in [4.78, 5) is 11.9. The van der Waals surface area contributed by atoms with E-state index in [1.54, 1.807) is 18.2 Å². The second kappa shape index (κ2) is 4.48. The van der Waals surface area contributed by atoms with Crippen molar-refractivity contribution < 1.29 is 18.7 Å². The van der Waals surface area contributed by atoms with Gasteiger partial charge in [0.05, 0.1) is 0 Å². The third-order valence-electron chi connectivity index (χ3n) is 3.86. The van der Waals surface area contributed by atoms with Gasteiger partial charge in [0.25, 0.3) is 0 Å². The Kier molecular flexibility index (Phi) is 2.60. The summed E-state index contributed by atoms with van der Waals surface area (Å²) in [5.74, 6) is 0.857. The zero-order valence-corrected chi connectivity index (χ0v) is 11.1. The van der Waals surface area contributed by atoms with E-state index >= 15 is 0 Å². The minimum absolute atomic E-state index is 0.0595. The van der Waals surface area contributed by atoms with Gasteiger partial charge in [0.1, 0.15) is 5.82 Å². The highest BCUT2D eigenvalue weighted by atomic mass is 19.1. The van der Waals surface area contributed by atoms with Crippen LogP contribution >= 0.6 is 0 Å². The minimum atomic E-state index is -0.287. The van der Waals surface area contributed by atoms with Crippen molar-refractivity contribution in [1.29, 1.82) is 0 Å². The molecule has 0 saturated heterocycles. The van der Waals surface area contributed by atoms with Crippen LogP contribution in [0.3, 0.4) is 0 Å². The van der Waals surface area contributed by atoms with Crippen LogP contribution in [0, 0.1) is 5.82 Å². The van der Waals surface area contributed by atoms with Gasteiger partial charge in [-0.2, -0.15) is 0 Å². The van der Waals surface area contributed by atoms with Crippen molar-refractivity contribution in [2.45, 2.75) is 12.3 Å². The monoisotopic (exact) mass is 285 g/mol. The van der Waals surface area contributed by atoms with Crippen LogP contribution in [0.25, 0.3) is 0 Å². The van der Waals surface area contributed by atoms with Crippen molar-refractivity contribution in [1.82, 2.24) is 0 Å². The summed E-state index contributed by atoms with van der Waals surface area (Å²) < 4.78 is 23.8. The Morgan fingerprint density at radius 2 is 1.81 bits per heavy atom. The molecule has 106 valence electrons. The molecule has 0 unspecified atom stereocenters. The van der Waals surface area contributed by atoms with Crippen LogP contribution in [-0.2, 0) is 4.79 Å². The number of ether oxygens (including phenoxy) is 2. The number of carbonyl (C=O) groups is 1. The first-order valence-electron chi connectivity index (χ1n) is 6.69. The molecule has 1 N–H and O–H groups in total. The number of carbonyl (C=O) groups excluding carboxylic acids is 1. The number of hydrogen-bond acceptors (Lipinski definition) is 3. The van der Waals surface area contributed by atoms with Crippen LogP contribution in [0.4, 0.5) is 10.1 Å². The molecular formula is C16H12FNO3. The van der Waals surface area contributed by atoms with Gasteiger partial charge in [-0.1, -0.05) is 12.1 Å². The van der Waals surface area contributed by atoms with Crippen molar-refractivity contribution in [2.75, 3.05) is 12.1 Å². The Morgan fingerprint density at radius 1 is 1.10 bits per heavy atom. The first-order chi connectivity index (χ1) is 10.2. The Hall–Kier alpha value is -2.56. The molecule has 0 aromatic heterocycles. The van der Waals surface area contributed by atoms with E-state index in [-0.39, 0.29) is 24.4 Å². The molecule has 2 aliphatic heterocycles. The molecular weight excluding hydrogens is 273 g/mol. The number of halogens is 1. The fraction of sp³-hybridized carbons (Fsp3) is 0.188. The van der Waals surface area contributed by atoms with E-state index in [0.29, 0.717) is 17.9 Å². The summed E-state index contributed by atoms with van der Waals surface area (Å²) in [6, 6.07) is 9.93. The standard InChI is InChI=1S/C16H12FNO3/c17-10-3-1-9(2-4-10)11-6-16(19)18-13-7-15-14(5-12(11)13)20-8-21-15/h1-5,7,11H,6,8H2,(H,18,19)/t11-/m0/s1. The SMILES string of the molecule is O=C1C[C@@H](c2ccc(F)cc2)c2cc3c(cc2N1)OCO3. The van der Waals surface area contributed by atoms with Gasteiger partial charge in [-0.3, -0.25) is 4.79 Å². The van der Waals surface area contributed by atoms with Crippen LogP contribution in [0.15, 0.2) is 36.4 Å². The van der Waals surface area contributed by atoms with Gasteiger partial charge in [-0.25, -0.2) is 4.39 Å². The van der Waals surface area contributed by atoms with Crippen LogP contribution in [-0.4, -0.2) is 12.7 Å². The number of fused-ring (bicyclic) bond motifs is 2. The maximum Gasteiger partial charge on any atom is 0.231 e. The van der Waals surface area contributed by atoms with E-state index in [4.69, 9.17) is 9.47 Å². The van der Waals surface area contributed by atoms with E-state index in [9.17, 15) is 9.18 Å². The lowest BCUT2D eigenvalue weighted by atomic mass is 9.84. The van der Waals surface area contributed by atoms with Gasteiger partial charge >= 0.3 is 0 Å². The molecule has 0 spiro atoms. The lowest BCUT2D eigenvalue weighted by Crippen LogP contribution is -2.23. The number of amides is 1. The Labute approximate surface area is 120 Å². The van der Waals surface area contributed by atoms with Gasteiger partial charge in [-0.15, -0.1) is 0 Å². The third-order valence-corrected chi connectivity index (χ3v) is 3.86. The van der Waals surface area contributed by atoms with Crippen molar-refractivity contribution in [2.24, 2.45) is 0 Å². The van der Waals surface area contributed by atoms with Crippen LogP contribution in [0.5, 0.6) is 11.5 Å². The molecule has 2 aromatic carbocycles. The fourth-order valence-corrected chi connectivity index (χ4v) is 2.84. The lowest BCUT2D eigenvalue weighted by molar-refractivity contribution is -0.116. The van der Waals surface area contributed by atoms with Crippen molar-refractivity contribution in [3.8, 4) is 11.5 Å². The normalized spacial score (nSPS) is 19.1. The first-order valence-corrected chi connectivity index (χ1v) is 6.69. The average molecular weight is 285 g/mol. The van der Waals surface area contributed by atoms with Gasteiger partial charge < -0.3 is 14.8 Å². The molecule has 2 heterocycles. The number of nitrogens with one attached hydrogen (secondary N) is 1. The predicted octanol–water partition coefficient (Wildman–Crippen LogP) is 3.03. The van der Waals surface area contributed by atoms with Crippen molar-refractivity contribution >= 4 is 11.6 Å². The molecule has 0 fully saturated rings. The molecule has 1 atom stereocenters. The zero-order chi connectivity index (χ0) is 14.4. The van der Waals surface area contributed by atoms with E-state index < -0.39 is 0 Å². The highest BCUT2D eigenvalue weighted by Gasteiger charge is 2.29. The van der Waals surface area contributed by atoms with Crippen LogP contribution in [0.1, 0.15) is 23.5 Å².